The van der Waals surface area contributed by atoms with Gasteiger partial charge >= 0.3 is 18.0 Å². The molecule has 1 saturated heterocycles. The molecule has 1 N–H and O–H groups in total. The van der Waals surface area contributed by atoms with E-state index in [-0.39, 0.29) is 19.8 Å². The van der Waals surface area contributed by atoms with E-state index in [1.54, 1.807) is 0 Å². The lowest BCUT2D eigenvalue weighted by Gasteiger charge is -2.45. The molecule has 1 aliphatic heterocycles. The summed E-state index contributed by atoms with van der Waals surface area (Å²) in [5, 5.41) is 2.87. The monoisotopic (exact) mass is 579 g/mol. The topological polar surface area (TPSA) is 109 Å². The van der Waals surface area contributed by atoms with Crippen molar-refractivity contribution in [3.05, 3.63) is 102 Å². The first-order chi connectivity index (χ1) is 19.9. The summed E-state index contributed by atoms with van der Waals surface area (Å²) in [5.74, 6) is -1.11. The number of alkyl carbamates (subject to hydrolysis) is 1. The van der Waals surface area contributed by atoms with Gasteiger partial charge in [0, 0.05) is 18.7 Å². The van der Waals surface area contributed by atoms with Gasteiger partial charge in [0.25, 0.3) is 0 Å². The Balaban J connectivity index is 1.64. The molecule has 0 unspecified atom stereocenters. The third kappa shape index (κ3) is 9.34. The molecule has 216 valence electrons. The molecule has 10 heteroatoms. The van der Waals surface area contributed by atoms with Gasteiger partial charge in [0.2, 0.25) is 0 Å². The Morgan fingerprint density at radius 2 is 1.34 bits per heavy atom. The molecule has 1 aliphatic rings. The van der Waals surface area contributed by atoms with Crippen molar-refractivity contribution < 1.29 is 38.1 Å². The number of nitrogens with one attached hydrogen (secondary N) is 1. The Labute approximate surface area is 243 Å². The molecule has 5 atom stereocenters. The van der Waals surface area contributed by atoms with Crippen LogP contribution >= 0.6 is 11.8 Å². The van der Waals surface area contributed by atoms with Crippen LogP contribution in [0, 0.1) is 0 Å². The first-order valence-corrected chi connectivity index (χ1v) is 14.1. The molecule has 1 amide bonds. The summed E-state index contributed by atoms with van der Waals surface area (Å²) in [6, 6.07) is 27.5. The number of carbonyl (C=O) groups excluding carboxylic acids is 3. The Bertz CT molecular complexity index is 1260. The van der Waals surface area contributed by atoms with Crippen LogP contribution in [0.2, 0.25) is 0 Å². The van der Waals surface area contributed by atoms with Crippen molar-refractivity contribution in [2.75, 3.05) is 6.61 Å². The number of hydrogen-bond acceptors (Lipinski definition) is 9. The summed E-state index contributed by atoms with van der Waals surface area (Å²) in [6.07, 6.45) is -3.44. The highest BCUT2D eigenvalue weighted by Crippen LogP contribution is 2.36. The first-order valence-electron chi connectivity index (χ1n) is 13.2. The molecular weight excluding hydrogens is 546 g/mol. The van der Waals surface area contributed by atoms with Gasteiger partial charge in [-0.2, -0.15) is 0 Å². The van der Waals surface area contributed by atoms with Crippen LogP contribution in [0.5, 0.6) is 0 Å². The molecule has 0 aromatic heterocycles. The zero-order valence-corrected chi connectivity index (χ0v) is 23.7. The molecular formula is C31H33NO8S. The second-order valence-corrected chi connectivity index (χ2v) is 10.5. The van der Waals surface area contributed by atoms with Gasteiger partial charge in [-0.1, -0.05) is 90.6 Å². The molecule has 0 aliphatic carbocycles. The fourth-order valence-electron chi connectivity index (χ4n) is 4.33. The molecule has 1 heterocycles. The van der Waals surface area contributed by atoms with Crippen LogP contribution in [0.3, 0.4) is 0 Å². The largest absolute Gasteiger partial charge is 0.463 e. The normalized spacial score (nSPS) is 21.9. The first kappa shape index (κ1) is 30.1. The van der Waals surface area contributed by atoms with Gasteiger partial charge in [-0.25, -0.2) is 4.79 Å². The van der Waals surface area contributed by atoms with E-state index in [9.17, 15) is 14.4 Å². The Morgan fingerprint density at radius 3 is 1.93 bits per heavy atom. The number of carbonyl (C=O) groups is 3. The minimum absolute atomic E-state index is 0.0444. The van der Waals surface area contributed by atoms with Crippen LogP contribution in [-0.2, 0) is 46.5 Å². The molecule has 9 nitrogen and oxygen atoms in total. The SMILES string of the molecule is CC(=O)OC[C@H]1O[C@H](Sc2ccccc2)[C@H](OCc2ccccc2)[C@@H](NC(=O)OCc2ccccc2)[C@@H]1OC(C)=O. The van der Waals surface area contributed by atoms with Crippen molar-refractivity contribution in [1.29, 1.82) is 0 Å². The van der Waals surface area contributed by atoms with E-state index in [2.05, 4.69) is 5.32 Å². The van der Waals surface area contributed by atoms with Crippen LogP contribution in [0.25, 0.3) is 0 Å². The fraction of sp³-hybridized carbons (Fsp3) is 0.323. The van der Waals surface area contributed by atoms with Crippen LogP contribution in [0.1, 0.15) is 25.0 Å². The van der Waals surface area contributed by atoms with E-state index in [0.29, 0.717) is 0 Å². The van der Waals surface area contributed by atoms with Crippen molar-refractivity contribution in [1.82, 2.24) is 5.32 Å². The minimum Gasteiger partial charge on any atom is -0.463 e. The quantitative estimate of drug-likeness (QED) is 0.251. The van der Waals surface area contributed by atoms with E-state index in [1.165, 1.54) is 25.6 Å². The number of amides is 1. The smallest absolute Gasteiger partial charge is 0.407 e. The molecule has 0 saturated carbocycles. The summed E-state index contributed by atoms with van der Waals surface area (Å²) in [6.45, 7) is 2.60. The van der Waals surface area contributed by atoms with Gasteiger partial charge in [0.1, 0.15) is 36.9 Å². The van der Waals surface area contributed by atoms with E-state index in [1.807, 2.05) is 91.0 Å². The van der Waals surface area contributed by atoms with E-state index in [0.717, 1.165) is 16.0 Å². The third-order valence-electron chi connectivity index (χ3n) is 6.18. The third-order valence-corrected chi connectivity index (χ3v) is 7.34. The lowest BCUT2D eigenvalue weighted by Crippen LogP contribution is -2.65. The molecule has 3 aromatic carbocycles. The molecule has 1 fully saturated rings. The van der Waals surface area contributed by atoms with Crippen molar-refractivity contribution in [2.45, 2.75) is 61.7 Å². The highest BCUT2D eigenvalue weighted by Gasteiger charge is 2.50. The average Bonchev–Trinajstić information content (AvgIpc) is 2.97. The molecule has 41 heavy (non-hydrogen) atoms. The zero-order valence-electron chi connectivity index (χ0n) is 22.8. The predicted molar refractivity (Wildman–Crippen MR) is 152 cm³/mol. The molecule has 0 bridgehead atoms. The number of benzene rings is 3. The zero-order chi connectivity index (χ0) is 29.0. The van der Waals surface area contributed by atoms with Crippen molar-refractivity contribution >= 4 is 29.8 Å². The molecule has 0 radical (unpaired) electrons. The Hall–Kier alpha value is -3.86. The summed E-state index contributed by atoms with van der Waals surface area (Å²) < 4.78 is 29.2. The van der Waals surface area contributed by atoms with E-state index >= 15 is 0 Å². The Morgan fingerprint density at radius 1 is 0.756 bits per heavy atom. The van der Waals surface area contributed by atoms with Gasteiger partial charge in [0.15, 0.2) is 6.10 Å². The van der Waals surface area contributed by atoms with Crippen LogP contribution in [-0.4, -0.2) is 54.4 Å². The summed E-state index contributed by atoms with van der Waals surface area (Å²) in [5.41, 5.74) is 1.05. The van der Waals surface area contributed by atoms with Gasteiger partial charge in [-0.15, -0.1) is 0 Å². The lowest BCUT2D eigenvalue weighted by molar-refractivity contribution is -0.204. The maximum atomic E-state index is 13.1. The van der Waals surface area contributed by atoms with Gasteiger partial charge in [-0.05, 0) is 23.3 Å². The van der Waals surface area contributed by atoms with Crippen LogP contribution in [0.4, 0.5) is 4.79 Å². The van der Waals surface area contributed by atoms with Gasteiger partial charge < -0.3 is 29.0 Å². The van der Waals surface area contributed by atoms with E-state index in [4.69, 9.17) is 23.7 Å². The second kappa shape index (κ2) is 15.2. The highest BCUT2D eigenvalue weighted by atomic mass is 32.2. The predicted octanol–water partition coefficient (Wildman–Crippen LogP) is 4.88. The maximum Gasteiger partial charge on any atom is 0.407 e. The Kier molecular flexibility index (Phi) is 11.2. The molecule has 4 rings (SSSR count). The fourth-order valence-corrected chi connectivity index (χ4v) is 5.49. The molecule has 3 aromatic rings. The number of thioether (sulfide) groups is 1. The van der Waals surface area contributed by atoms with Gasteiger partial charge in [0.05, 0.1) is 6.61 Å². The number of rotatable bonds is 11. The van der Waals surface area contributed by atoms with Crippen molar-refractivity contribution in [2.24, 2.45) is 0 Å². The van der Waals surface area contributed by atoms with Crippen molar-refractivity contribution in [3.8, 4) is 0 Å². The van der Waals surface area contributed by atoms with Gasteiger partial charge in [-0.3, -0.25) is 9.59 Å². The lowest BCUT2D eigenvalue weighted by atomic mass is 9.96. The highest BCUT2D eigenvalue weighted by molar-refractivity contribution is 7.99. The number of ether oxygens (including phenoxy) is 5. The van der Waals surface area contributed by atoms with Crippen LogP contribution < -0.4 is 5.32 Å². The summed E-state index contributed by atoms with van der Waals surface area (Å²) in [7, 11) is 0. The minimum atomic E-state index is -1.04. The van der Waals surface area contributed by atoms with Crippen molar-refractivity contribution in [3.63, 3.8) is 0 Å². The maximum absolute atomic E-state index is 13.1. The van der Waals surface area contributed by atoms with E-state index < -0.39 is 47.8 Å². The number of esters is 2. The van der Waals surface area contributed by atoms with Crippen LogP contribution in [0.15, 0.2) is 95.9 Å². The summed E-state index contributed by atoms with van der Waals surface area (Å²) in [4.78, 5) is 37.9. The average molecular weight is 580 g/mol. The second-order valence-electron chi connectivity index (χ2n) is 9.34. The standard InChI is InChI=1S/C31H33NO8S/c1-21(33)36-20-26-28(39-22(2)34)27(32-31(35)38-19-24-14-8-4-9-15-24)29(37-18-23-12-6-3-7-13-23)30(40-26)41-25-16-10-5-11-17-25/h3-17,26-30H,18-20H2,1-2H3,(H,32,35)/t26-,27+,28-,29-,30-/m1/s1. The number of hydrogen-bond donors (Lipinski definition) is 1. The summed E-state index contributed by atoms with van der Waals surface area (Å²) >= 11 is 1.39. The molecule has 0 spiro atoms.